The Morgan fingerprint density at radius 2 is 1.90 bits per heavy atom. The molecule has 0 fully saturated rings. The highest BCUT2D eigenvalue weighted by atomic mass is 35.5. The van der Waals surface area contributed by atoms with Gasteiger partial charge >= 0.3 is 0 Å². The number of fused-ring (bicyclic) bond motifs is 1. The van der Waals surface area contributed by atoms with Crippen LogP contribution in [0, 0.1) is 6.92 Å². The van der Waals surface area contributed by atoms with E-state index in [1.54, 1.807) is 26.2 Å². The van der Waals surface area contributed by atoms with Gasteiger partial charge in [-0.05, 0) is 57.9 Å². The van der Waals surface area contributed by atoms with Crippen molar-refractivity contribution < 1.29 is 5.11 Å². The van der Waals surface area contributed by atoms with E-state index in [0.29, 0.717) is 10.8 Å². The number of hydrogen-bond donors (Lipinski definition) is 2. The second-order valence-electron chi connectivity index (χ2n) is 7.67. The molecule has 0 spiro atoms. The zero-order chi connectivity index (χ0) is 21.9. The molecule has 0 unspecified atom stereocenters. The number of hydrogen-bond acceptors (Lipinski definition) is 5. The average Bonchev–Trinajstić information content (AvgIpc) is 2.73. The van der Waals surface area contributed by atoms with Crippen LogP contribution in [0.5, 0.6) is 0 Å². The van der Waals surface area contributed by atoms with Crippen molar-refractivity contribution in [2.45, 2.75) is 46.6 Å². The number of aromatic nitrogens is 3. The summed E-state index contributed by atoms with van der Waals surface area (Å²) < 4.78 is 0. The SMILES string of the molecule is C/C=C\C=C(/CC)Nc1c(Cl)c(C)nc2ccc(-c3cnc(C(C)(C)O)nc3)cc12. The third-order valence-electron chi connectivity index (χ3n) is 4.78. The van der Waals surface area contributed by atoms with Gasteiger partial charge in [0, 0.05) is 29.0 Å². The van der Waals surface area contributed by atoms with Gasteiger partial charge in [-0.15, -0.1) is 0 Å². The van der Waals surface area contributed by atoms with Gasteiger partial charge in [0.15, 0.2) is 5.82 Å². The van der Waals surface area contributed by atoms with Crippen LogP contribution in [0.25, 0.3) is 22.0 Å². The summed E-state index contributed by atoms with van der Waals surface area (Å²) in [5.74, 6) is 0.386. The van der Waals surface area contributed by atoms with Gasteiger partial charge in [0.25, 0.3) is 0 Å². The predicted octanol–water partition coefficient (Wildman–Crippen LogP) is 6.16. The zero-order valence-corrected chi connectivity index (χ0v) is 18.7. The van der Waals surface area contributed by atoms with Gasteiger partial charge in [0.2, 0.25) is 0 Å². The molecule has 0 atom stereocenters. The number of aliphatic hydroxyl groups is 1. The van der Waals surface area contributed by atoms with Crippen LogP contribution in [0.3, 0.4) is 0 Å². The maximum atomic E-state index is 10.1. The molecule has 1 aromatic carbocycles. The molecule has 30 heavy (non-hydrogen) atoms. The van der Waals surface area contributed by atoms with Crippen molar-refractivity contribution in [2.75, 3.05) is 5.32 Å². The highest BCUT2D eigenvalue weighted by Gasteiger charge is 2.19. The average molecular weight is 423 g/mol. The molecular weight excluding hydrogens is 396 g/mol. The van der Waals surface area contributed by atoms with E-state index in [1.807, 2.05) is 50.3 Å². The minimum Gasteiger partial charge on any atom is -0.382 e. The van der Waals surface area contributed by atoms with Crippen molar-refractivity contribution in [1.82, 2.24) is 15.0 Å². The fourth-order valence-electron chi connectivity index (χ4n) is 3.08. The molecule has 0 aliphatic rings. The lowest BCUT2D eigenvalue weighted by Gasteiger charge is -2.17. The first-order valence-electron chi connectivity index (χ1n) is 9.98. The van der Waals surface area contributed by atoms with E-state index in [2.05, 4.69) is 27.2 Å². The second-order valence-corrected chi connectivity index (χ2v) is 8.05. The minimum absolute atomic E-state index is 0.386. The van der Waals surface area contributed by atoms with Crippen molar-refractivity contribution >= 4 is 28.2 Å². The van der Waals surface area contributed by atoms with E-state index in [-0.39, 0.29) is 0 Å². The zero-order valence-electron chi connectivity index (χ0n) is 18.0. The molecule has 0 radical (unpaired) electrons. The van der Waals surface area contributed by atoms with Gasteiger partial charge in [0.05, 0.1) is 21.9 Å². The van der Waals surface area contributed by atoms with Crippen LogP contribution in [0.15, 0.2) is 54.5 Å². The largest absolute Gasteiger partial charge is 0.382 e. The topological polar surface area (TPSA) is 70.9 Å². The van der Waals surface area contributed by atoms with Crippen LogP contribution in [0.4, 0.5) is 5.69 Å². The number of nitrogens with zero attached hydrogens (tertiary/aromatic N) is 3. The Morgan fingerprint density at radius 1 is 1.20 bits per heavy atom. The molecule has 2 heterocycles. The summed E-state index contributed by atoms with van der Waals surface area (Å²) >= 11 is 6.65. The molecule has 0 amide bonds. The Hall–Kier alpha value is -2.76. The lowest BCUT2D eigenvalue weighted by Crippen LogP contribution is -2.19. The summed E-state index contributed by atoms with van der Waals surface area (Å²) in [6.07, 6.45) is 10.3. The number of benzene rings is 1. The van der Waals surface area contributed by atoms with Gasteiger partial charge in [-0.3, -0.25) is 4.98 Å². The molecule has 0 saturated heterocycles. The third kappa shape index (κ3) is 4.69. The van der Waals surface area contributed by atoms with Gasteiger partial charge in [0.1, 0.15) is 5.60 Å². The Morgan fingerprint density at radius 3 is 2.50 bits per heavy atom. The van der Waals surface area contributed by atoms with Crippen LogP contribution in [-0.4, -0.2) is 20.1 Å². The standard InChI is InChI=1S/C24H27ClN4O/c1-6-8-9-18(7-2)29-22-19-12-16(10-11-20(19)28-15(3)21(22)25)17-13-26-23(27-14-17)24(4,5)30/h6,8-14,30H,7H2,1-5H3,(H,28,29)/b8-6-,18-9+. The van der Waals surface area contributed by atoms with E-state index in [0.717, 1.165) is 45.5 Å². The summed E-state index contributed by atoms with van der Waals surface area (Å²) in [4.78, 5) is 13.3. The van der Waals surface area contributed by atoms with Gasteiger partial charge in [-0.2, -0.15) is 0 Å². The van der Waals surface area contributed by atoms with Crippen molar-refractivity contribution in [3.05, 3.63) is 71.1 Å². The summed E-state index contributed by atoms with van der Waals surface area (Å²) in [6.45, 7) is 9.32. The molecule has 2 aromatic heterocycles. The lowest BCUT2D eigenvalue weighted by molar-refractivity contribution is 0.0687. The fourth-order valence-corrected chi connectivity index (χ4v) is 3.27. The Balaban J connectivity index is 2.11. The normalized spacial score (nSPS) is 12.7. The summed E-state index contributed by atoms with van der Waals surface area (Å²) in [5, 5.41) is 15.1. The van der Waals surface area contributed by atoms with E-state index in [9.17, 15) is 5.11 Å². The van der Waals surface area contributed by atoms with Crippen LogP contribution in [0.1, 0.15) is 45.6 Å². The highest BCUT2D eigenvalue weighted by Crippen LogP contribution is 2.36. The molecule has 5 nitrogen and oxygen atoms in total. The number of allylic oxidation sites excluding steroid dienone is 4. The maximum Gasteiger partial charge on any atom is 0.159 e. The predicted molar refractivity (Wildman–Crippen MR) is 125 cm³/mol. The number of pyridine rings is 1. The number of halogens is 1. The third-order valence-corrected chi connectivity index (χ3v) is 5.24. The van der Waals surface area contributed by atoms with Crippen molar-refractivity contribution in [1.29, 1.82) is 0 Å². The van der Waals surface area contributed by atoms with Gasteiger partial charge in [-0.25, -0.2) is 9.97 Å². The smallest absolute Gasteiger partial charge is 0.159 e. The quantitative estimate of drug-likeness (QED) is 0.465. The maximum absolute atomic E-state index is 10.1. The number of rotatable bonds is 6. The Bertz CT molecular complexity index is 1110. The van der Waals surface area contributed by atoms with Crippen LogP contribution < -0.4 is 5.32 Å². The molecule has 0 aliphatic carbocycles. The first-order valence-corrected chi connectivity index (χ1v) is 10.4. The van der Waals surface area contributed by atoms with Crippen LogP contribution >= 0.6 is 11.6 Å². The lowest BCUT2D eigenvalue weighted by atomic mass is 10.0. The van der Waals surface area contributed by atoms with Crippen molar-refractivity contribution in [2.24, 2.45) is 0 Å². The molecule has 2 N–H and O–H groups in total. The van der Waals surface area contributed by atoms with E-state index < -0.39 is 5.60 Å². The molecule has 0 aliphatic heterocycles. The highest BCUT2D eigenvalue weighted by molar-refractivity contribution is 6.35. The Labute approximate surface area is 182 Å². The fraction of sp³-hybridized carbons (Fsp3) is 0.292. The van der Waals surface area contributed by atoms with E-state index in [1.165, 1.54) is 0 Å². The first kappa shape index (κ1) is 21.9. The number of anilines is 1. The van der Waals surface area contributed by atoms with Crippen LogP contribution in [-0.2, 0) is 5.60 Å². The van der Waals surface area contributed by atoms with E-state index in [4.69, 9.17) is 11.6 Å². The molecule has 6 heteroatoms. The molecule has 3 rings (SSSR count). The number of nitrogens with one attached hydrogen (secondary N) is 1. The van der Waals surface area contributed by atoms with E-state index >= 15 is 0 Å². The number of aryl methyl sites for hydroxylation is 1. The first-order chi connectivity index (χ1) is 14.2. The monoisotopic (exact) mass is 422 g/mol. The molecular formula is C24H27ClN4O. The summed E-state index contributed by atoms with van der Waals surface area (Å²) in [6, 6.07) is 6.01. The molecule has 0 saturated carbocycles. The second kappa shape index (κ2) is 8.94. The minimum atomic E-state index is -1.08. The van der Waals surface area contributed by atoms with Crippen LogP contribution in [0.2, 0.25) is 5.02 Å². The molecule has 3 aromatic rings. The van der Waals surface area contributed by atoms with Crippen molar-refractivity contribution in [3.63, 3.8) is 0 Å². The summed E-state index contributed by atoms with van der Waals surface area (Å²) in [5.41, 5.74) is 4.26. The van der Waals surface area contributed by atoms with Gasteiger partial charge in [-0.1, -0.05) is 36.7 Å². The molecule has 0 bridgehead atoms. The van der Waals surface area contributed by atoms with Crippen molar-refractivity contribution in [3.8, 4) is 11.1 Å². The summed E-state index contributed by atoms with van der Waals surface area (Å²) in [7, 11) is 0. The van der Waals surface area contributed by atoms with Gasteiger partial charge < -0.3 is 10.4 Å². The Kier molecular flexibility index (Phi) is 6.54. The molecule has 156 valence electrons.